The number of hydrogen-bond donors (Lipinski definition) is 2. The Kier molecular flexibility index (Phi) is 3.82. The molecule has 20 heavy (non-hydrogen) atoms. The molecule has 3 N–H and O–H groups in total. The van der Waals surface area contributed by atoms with Gasteiger partial charge in [-0.05, 0) is 36.4 Å². The molecule has 0 fully saturated rings. The number of rotatable bonds is 3. The summed E-state index contributed by atoms with van der Waals surface area (Å²) >= 11 is 5.82. The number of nitrogens with two attached hydrogens (primary N) is 1. The summed E-state index contributed by atoms with van der Waals surface area (Å²) in [6, 6.07) is 6.22. The van der Waals surface area contributed by atoms with Crippen LogP contribution in [0.1, 0.15) is 0 Å². The van der Waals surface area contributed by atoms with Crippen LogP contribution in [0.3, 0.4) is 0 Å². The molecule has 0 aliphatic heterocycles. The van der Waals surface area contributed by atoms with Crippen molar-refractivity contribution in [2.45, 2.75) is 4.90 Å². The molecule has 0 amide bonds. The van der Waals surface area contributed by atoms with Crippen LogP contribution in [0.5, 0.6) is 0 Å². The van der Waals surface area contributed by atoms with Gasteiger partial charge in [0.1, 0.15) is 16.5 Å². The maximum Gasteiger partial charge on any atom is 0.264 e. The molecule has 0 bridgehead atoms. The Bertz CT molecular complexity index is 766. The second-order valence-corrected chi connectivity index (χ2v) is 5.98. The van der Waals surface area contributed by atoms with Gasteiger partial charge in [0.2, 0.25) is 0 Å². The Morgan fingerprint density at radius 2 is 1.80 bits per heavy atom. The van der Waals surface area contributed by atoms with E-state index in [9.17, 15) is 17.2 Å². The molecule has 106 valence electrons. The van der Waals surface area contributed by atoms with E-state index in [4.69, 9.17) is 17.3 Å². The van der Waals surface area contributed by atoms with Crippen LogP contribution in [-0.4, -0.2) is 8.42 Å². The molecule has 4 nitrogen and oxygen atoms in total. The van der Waals surface area contributed by atoms with Crippen LogP contribution in [0, 0.1) is 11.6 Å². The quantitative estimate of drug-likeness (QED) is 0.854. The molecule has 0 radical (unpaired) electrons. The second-order valence-electron chi connectivity index (χ2n) is 3.92. The van der Waals surface area contributed by atoms with E-state index in [2.05, 4.69) is 4.72 Å². The minimum Gasteiger partial charge on any atom is -0.399 e. The first kappa shape index (κ1) is 14.5. The van der Waals surface area contributed by atoms with Gasteiger partial charge in [0.05, 0.1) is 10.7 Å². The van der Waals surface area contributed by atoms with Crippen molar-refractivity contribution in [1.29, 1.82) is 0 Å². The summed E-state index contributed by atoms with van der Waals surface area (Å²) in [6.45, 7) is 0. The van der Waals surface area contributed by atoms with E-state index in [-0.39, 0.29) is 10.7 Å². The highest BCUT2D eigenvalue weighted by Crippen LogP contribution is 2.27. The average molecular weight is 319 g/mol. The zero-order valence-corrected chi connectivity index (χ0v) is 11.5. The first-order valence-corrected chi connectivity index (χ1v) is 7.18. The summed E-state index contributed by atoms with van der Waals surface area (Å²) < 4.78 is 52.6. The van der Waals surface area contributed by atoms with Crippen LogP contribution in [0.2, 0.25) is 5.02 Å². The third-order valence-electron chi connectivity index (χ3n) is 2.42. The smallest absolute Gasteiger partial charge is 0.264 e. The lowest BCUT2D eigenvalue weighted by atomic mass is 10.3. The zero-order chi connectivity index (χ0) is 14.9. The molecule has 0 saturated carbocycles. The first-order valence-electron chi connectivity index (χ1n) is 5.32. The lowest BCUT2D eigenvalue weighted by molar-refractivity contribution is 0.555. The van der Waals surface area contributed by atoms with Crippen LogP contribution >= 0.6 is 11.6 Å². The molecular formula is C12H9ClF2N2O2S. The van der Waals surface area contributed by atoms with Crippen LogP contribution in [0.15, 0.2) is 41.3 Å². The van der Waals surface area contributed by atoms with Gasteiger partial charge in [-0.3, -0.25) is 4.72 Å². The van der Waals surface area contributed by atoms with E-state index < -0.39 is 26.6 Å². The van der Waals surface area contributed by atoms with E-state index in [1.807, 2.05) is 0 Å². The third kappa shape index (κ3) is 3.00. The molecule has 0 aliphatic rings. The Morgan fingerprint density at radius 1 is 1.10 bits per heavy atom. The molecule has 2 aromatic carbocycles. The lowest BCUT2D eigenvalue weighted by Crippen LogP contribution is -2.15. The number of benzene rings is 2. The summed E-state index contributed by atoms with van der Waals surface area (Å²) in [7, 11) is -4.29. The predicted molar refractivity (Wildman–Crippen MR) is 73.0 cm³/mol. The number of halogens is 3. The van der Waals surface area contributed by atoms with Crippen molar-refractivity contribution in [2.75, 3.05) is 10.5 Å². The largest absolute Gasteiger partial charge is 0.399 e. The fourth-order valence-electron chi connectivity index (χ4n) is 1.50. The summed E-state index contributed by atoms with van der Waals surface area (Å²) in [5.74, 6) is -1.93. The Balaban J connectivity index is 2.43. The summed E-state index contributed by atoms with van der Waals surface area (Å²) in [4.78, 5) is -0.801. The normalized spacial score (nSPS) is 11.3. The highest BCUT2D eigenvalue weighted by atomic mass is 35.5. The Labute approximate surface area is 119 Å². The Hall–Kier alpha value is -1.86. The maximum absolute atomic E-state index is 13.5. The number of sulfonamides is 1. The molecule has 2 aromatic rings. The van der Waals surface area contributed by atoms with Crippen molar-refractivity contribution in [3.05, 3.63) is 53.1 Å². The molecule has 0 heterocycles. The third-order valence-corrected chi connectivity index (χ3v) is 4.11. The number of nitrogens with one attached hydrogen (secondary N) is 1. The minimum absolute atomic E-state index is 0.0181. The molecule has 0 atom stereocenters. The molecule has 2 rings (SSSR count). The molecule has 8 heteroatoms. The fourth-order valence-corrected chi connectivity index (χ4v) is 2.96. The van der Waals surface area contributed by atoms with E-state index >= 15 is 0 Å². The van der Waals surface area contributed by atoms with Gasteiger partial charge >= 0.3 is 0 Å². The van der Waals surface area contributed by atoms with Gasteiger partial charge in [-0.1, -0.05) is 11.6 Å². The van der Waals surface area contributed by atoms with Gasteiger partial charge in [0.25, 0.3) is 10.0 Å². The molecule has 0 spiro atoms. The average Bonchev–Trinajstić information content (AvgIpc) is 2.35. The van der Waals surface area contributed by atoms with Crippen LogP contribution in [0.4, 0.5) is 20.2 Å². The van der Waals surface area contributed by atoms with Gasteiger partial charge in [0, 0.05) is 5.69 Å². The molecule has 0 unspecified atom stereocenters. The van der Waals surface area contributed by atoms with Crippen molar-refractivity contribution < 1.29 is 17.2 Å². The highest BCUT2D eigenvalue weighted by molar-refractivity contribution is 7.92. The topological polar surface area (TPSA) is 72.2 Å². The maximum atomic E-state index is 13.5. The van der Waals surface area contributed by atoms with Crippen molar-refractivity contribution in [3.63, 3.8) is 0 Å². The summed E-state index contributed by atoms with van der Waals surface area (Å²) in [5, 5.41) is 0.0467. The predicted octanol–water partition coefficient (Wildman–Crippen LogP) is 3.00. The molecule has 0 aromatic heterocycles. The van der Waals surface area contributed by atoms with Crippen LogP contribution < -0.4 is 10.5 Å². The minimum atomic E-state index is -4.29. The summed E-state index contributed by atoms with van der Waals surface area (Å²) in [6.07, 6.45) is 0. The second kappa shape index (κ2) is 5.26. The van der Waals surface area contributed by atoms with Gasteiger partial charge < -0.3 is 5.73 Å². The van der Waals surface area contributed by atoms with Crippen molar-refractivity contribution in [3.8, 4) is 0 Å². The SMILES string of the molecule is Nc1ccc(NS(=O)(=O)c2cc(F)ccc2F)c(Cl)c1. The number of hydrogen-bond acceptors (Lipinski definition) is 3. The highest BCUT2D eigenvalue weighted by Gasteiger charge is 2.21. The lowest BCUT2D eigenvalue weighted by Gasteiger charge is -2.10. The number of anilines is 2. The van der Waals surface area contributed by atoms with Crippen molar-refractivity contribution >= 4 is 33.0 Å². The van der Waals surface area contributed by atoms with Gasteiger partial charge in [-0.25, -0.2) is 17.2 Å². The monoisotopic (exact) mass is 318 g/mol. The van der Waals surface area contributed by atoms with Crippen molar-refractivity contribution in [1.82, 2.24) is 0 Å². The Morgan fingerprint density at radius 3 is 2.45 bits per heavy atom. The van der Waals surface area contributed by atoms with Crippen molar-refractivity contribution in [2.24, 2.45) is 0 Å². The van der Waals surface area contributed by atoms with Crippen LogP contribution in [-0.2, 0) is 10.0 Å². The number of nitrogen functional groups attached to an aromatic ring is 1. The van der Waals surface area contributed by atoms with E-state index in [1.165, 1.54) is 18.2 Å². The van der Waals surface area contributed by atoms with E-state index in [1.54, 1.807) is 0 Å². The first-order chi connectivity index (χ1) is 9.29. The molecule has 0 saturated heterocycles. The molecule has 0 aliphatic carbocycles. The van der Waals surface area contributed by atoms with Crippen LogP contribution in [0.25, 0.3) is 0 Å². The fraction of sp³-hybridized carbons (Fsp3) is 0. The zero-order valence-electron chi connectivity index (χ0n) is 9.90. The van der Waals surface area contributed by atoms with Gasteiger partial charge in [-0.2, -0.15) is 0 Å². The summed E-state index contributed by atoms with van der Waals surface area (Å²) in [5.41, 5.74) is 5.84. The van der Waals surface area contributed by atoms with Gasteiger partial charge in [-0.15, -0.1) is 0 Å². The standard InChI is InChI=1S/C12H9ClF2N2O2S/c13-9-6-8(16)2-4-11(9)17-20(18,19)12-5-7(14)1-3-10(12)15/h1-6,17H,16H2. The van der Waals surface area contributed by atoms with E-state index in [0.717, 1.165) is 12.1 Å². The van der Waals surface area contributed by atoms with E-state index in [0.29, 0.717) is 11.8 Å². The molecular weight excluding hydrogens is 310 g/mol. The van der Waals surface area contributed by atoms with Gasteiger partial charge in [0.15, 0.2) is 0 Å².